The number of amides is 2. The molecule has 0 spiro atoms. The van der Waals surface area contributed by atoms with Crippen molar-refractivity contribution in [2.45, 2.75) is 25.0 Å². The number of rotatable bonds is 4. The number of carbonyl (C=O) groups excluding carboxylic acids is 1. The molecule has 0 radical (unpaired) electrons. The van der Waals surface area contributed by atoms with Crippen LogP contribution < -0.4 is 15.4 Å². The predicted molar refractivity (Wildman–Crippen MR) is 110 cm³/mol. The van der Waals surface area contributed by atoms with Gasteiger partial charge < -0.3 is 15.4 Å². The highest BCUT2D eigenvalue weighted by atomic mass is 35.5. The number of pyridine rings is 1. The summed E-state index contributed by atoms with van der Waals surface area (Å²) >= 11 is 5.86. The number of nitrogens with zero attached hydrogens (tertiary/aromatic N) is 1. The highest BCUT2D eigenvalue weighted by Gasteiger charge is 2.57. The van der Waals surface area contributed by atoms with Crippen molar-refractivity contribution in [2.24, 2.45) is 11.8 Å². The van der Waals surface area contributed by atoms with Gasteiger partial charge in [0.2, 0.25) is 0 Å². The quantitative estimate of drug-likeness (QED) is 0.634. The number of ether oxygens (including phenoxy) is 1. The number of halogens is 2. The number of nitrogens with one attached hydrogen (secondary N) is 2. The lowest BCUT2D eigenvalue weighted by molar-refractivity contribution is 0.191. The second kappa shape index (κ2) is 7.19. The Kier molecular flexibility index (Phi) is 4.51. The van der Waals surface area contributed by atoms with E-state index in [2.05, 4.69) is 15.6 Å². The summed E-state index contributed by atoms with van der Waals surface area (Å²) in [5.74, 6) is 1.19. The van der Waals surface area contributed by atoms with Crippen LogP contribution >= 0.6 is 11.6 Å². The van der Waals surface area contributed by atoms with Gasteiger partial charge >= 0.3 is 6.03 Å². The zero-order valence-corrected chi connectivity index (χ0v) is 16.2. The van der Waals surface area contributed by atoms with Gasteiger partial charge in [-0.2, -0.15) is 0 Å². The summed E-state index contributed by atoms with van der Waals surface area (Å²) in [6.07, 6.45) is 3.48. The van der Waals surface area contributed by atoms with Gasteiger partial charge in [0.25, 0.3) is 0 Å². The summed E-state index contributed by atoms with van der Waals surface area (Å²) in [6.45, 7) is 0. The maximum absolute atomic E-state index is 13.6. The van der Waals surface area contributed by atoms with E-state index in [1.54, 1.807) is 42.6 Å². The number of carbonyl (C=O) groups is 1. The topological polar surface area (TPSA) is 63.2 Å². The fourth-order valence-electron chi connectivity index (χ4n) is 4.33. The first kappa shape index (κ1) is 18.2. The largest absolute Gasteiger partial charge is 0.490 e. The summed E-state index contributed by atoms with van der Waals surface area (Å²) in [5, 5.41) is 7.18. The summed E-state index contributed by atoms with van der Waals surface area (Å²) in [7, 11) is 0. The zero-order chi connectivity index (χ0) is 20.0. The smallest absolute Gasteiger partial charge is 0.319 e. The van der Waals surface area contributed by atoms with Crippen molar-refractivity contribution in [3.63, 3.8) is 0 Å². The van der Waals surface area contributed by atoms with E-state index in [0.29, 0.717) is 39.2 Å². The van der Waals surface area contributed by atoms with Crippen molar-refractivity contribution in [2.75, 3.05) is 5.32 Å². The van der Waals surface area contributed by atoms with Crippen LogP contribution in [0.25, 0.3) is 10.9 Å². The summed E-state index contributed by atoms with van der Waals surface area (Å²) < 4.78 is 19.8. The Bertz CT molecular complexity index is 1060. The molecule has 5 rings (SSSR count). The molecule has 2 aromatic carbocycles. The molecule has 1 heterocycles. The molecule has 2 unspecified atom stereocenters. The molecule has 2 fully saturated rings. The maximum Gasteiger partial charge on any atom is 0.319 e. The number of benzene rings is 2. The van der Waals surface area contributed by atoms with Crippen LogP contribution in [0.4, 0.5) is 14.9 Å². The molecule has 2 saturated carbocycles. The Morgan fingerprint density at radius 3 is 2.62 bits per heavy atom. The predicted octanol–water partition coefficient (Wildman–Crippen LogP) is 5.00. The minimum Gasteiger partial charge on any atom is -0.490 e. The van der Waals surface area contributed by atoms with Crippen LogP contribution in [-0.2, 0) is 0 Å². The van der Waals surface area contributed by atoms with E-state index in [9.17, 15) is 9.18 Å². The monoisotopic (exact) mass is 411 g/mol. The molecule has 2 aliphatic rings. The minimum absolute atomic E-state index is 0.0660. The molecule has 7 heteroatoms. The Labute approximate surface area is 172 Å². The fraction of sp³-hybridized carbons (Fsp3) is 0.273. The van der Waals surface area contributed by atoms with Crippen molar-refractivity contribution in [1.82, 2.24) is 10.3 Å². The first-order valence-corrected chi connectivity index (χ1v) is 9.98. The number of hydrogen-bond acceptors (Lipinski definition) is 3. The lowest BCUT2D eigenvalue weighted by Crippen LogP contribution is -2.34. The van der Waals surface area contributed by atoms with Crippen molar-refractivity contribution in [3.05, 3.63) is 65.6 Å². The van der Waals surface area contributed by atoms with Gasteiger partial charge in [0.1, 0.15) is 11.6 Å². The van der Waals surface area contributed by atoms with E-state index in [-0.39, 0.29) is 24.0 Å². The molecule has 0 aliphatic heterocycles. The van der Waals surface area contributed by atoms with Gasteiger partial charge in [0, 0.05) is 28.3 Å². The normalized spacial score (nSPS) is 24.8. The highest BCUT2D eigenvalue weighted by molar-refractivity contribution is 6.30. The molecule has 2 amide bonds. The molecular formula is C22H19ClFN3O2. The Morgan fingerprint density at radius 2 is 1.86 bits per heavy atom. The lowest BCUT2D eigenvalue weighted by Gasteiger charge is -2.18. The van der Waals surface area contributed by atoms with Crippen molar-refractivity contribution in [3.8, 4) is 5.75 Å². The molecule has 2 aliphatic carbocycles. The molecule has 2 atom stereocenters. The van der Waals surface area contributed by atoms with Crippen molar-refractivity contribution < 1.29 is 13.9 Å². The highest BCUT2D eigenvalue weighted by Crippen LogP contribution is 2.53. The van der Waals surface area contributed by atoms with E-state index >= 15 is 0 Å². The maximum atomic E-state index is 13.6. The number of fused-ring (bicyclic) bond motifs is 2. The number of aromatic nitrogens is 1. The van der Waals surface area contributed by atoms with Crippen LogP contribution in [0.1, 0.15) is 12.8 Å². The lowest BCUT2D eigenvalue weighted by atomic mass is 10.1. The Hall–Kier alpha value is -2.86. The first-order valence-electron chi connectivity index (χ1n) is 9.61. The van der Waals surface area contributed by atoms with Gasteiger partial charge in [-0.25, -0.2) is 9.18 Å². The standard InChI is InChI=1S/C22H19ClFN3O2/c23-12-1-4-14(5-2-12)26-22(28)27-21-16-10-15(11-17(16)21)29-20-7-8-25-19-6-3-13(24)9-18(19)20/h1-9,15-17,21H,10-11H2,(H2,26,27,28). The molecule has 2 N–H and O–H groups in total. The van der Waals surface area contributed by atoms with Crippen LogP contribution in [0.2, 0.25) is 5.02 Å². The average Bonchev–Trinajstić information content (AvgIpc) is 3.14. The third kappa shape index (κ3) is 3.72. The Balaban J connectivity index is 1.16. The third-order valence-corrected chi connectivity index (χ3v) is 6.01. The van der Waals surface area contributed by atoms with Gasteiger partial charge in [-0.15, -0.1) is 0 Å². The number of hydrogen-bond donors (Lipinski definition) is 2. The fourth-order valence-corrected chi connectivity index (χ4v) is 4.45. The van der Waals surface area contributed by atoms with E-state index in [0.717, 1.165) is 12.8 Å². The van der Waals surface area contributed by atoms with Crippen LogP contribution in [0, 0.1) is 17.7 Å². The molecule has 148 valence electrons. The molecule has 5 nitrogen and oxygen atoms in total. The van der Waals surface area contributed by atoms with Crippen molar-refractivity contribution in [1.29, 1.82) is 0 Å². The number of urea groups is 1. The van der Waals surface area contributed by atoms with Crippen LogP contribution in [0.3, 0.4) is 0 Å². The molecule has 1 aromatic heterocycles. The van der Waals surface area contributed by atoms with E-state index in [1.807, 2.05) is 0 Å². The molecule has 29 heavy (non-hydrogen) atoms. The number of anilines is 1. The van der Waals surface area contributed by atoms with Gasteiger partial charge in [-0.1, -0.05) is 11.6 Å². The third-order valence-electron chi connectivity index (χ3n) is 5.76. The van der Waals surface area contributed by atoms with E-state index in [4.69, 9.17) is 16.3 Å². The van der Waals surface area contributed by atoms with Crippen molar-refractivity contribution >= 4 is 34.2 Å². The van der Waals surface area contributed by atoms with Crippen LogP contribution in [0.5, 0.6) is 5.75 Å². The summed E-state index contributed by atoms with van der Waals surface area (Å²) in [6, 6.07) is 13.3. The van der Waals surface area contributed by atoms with E-state index < -0.39 is 0 Å². The van der Waals surface area contributed by atoms with Crippen LogP contribution in [-0.4, -0.2) is 23.2 Å². The van der Waals surface area contributed by atoms with Gasteiger partial charge in [0.15, 0.2) is 0 Å². The van der Waals surface area contributed by atoms with Crippen LogP contribution in [0.15, 0.2) is 54.7 Å². The Morgan fingerprint density at radius 1 is 1.10 bits per heavy atom. The minimum atomic E-state index is -0.305. The molecular weight excluding hydrogens is 393 g/mol. The second-order valence-corrected chi connectivity index (χ2v) is 8.08. The van der Waals surface area contributed by atoms with Gasteiger partial charge in [0.05, 0.1) is 11.6 Å². The first-order chi connectivity index (χ1) is 14.1. The van der Waals surface area contributed by atoms with Gasteiger partial charge in [-0.05, 0) is 73.2 Å². The zero-order valence-electron chi connectivity index (χ0n) is 15.4. The molecule has 0 bridgehead atoms. The average molecular weight is 412 g/mol. The van der Waals surface area contributed by atoms with E-state index in [1.165, 1.54) is 12.1 Å². The summed E-state index contributed by atoms with van der Waals surface area (Å²) in [4.78, 5) is 16.5. The second-order valence-electron chi connectivity index (χ2n) is 7.64. The molecule has 3 aromatic rings. The summed E-state index contributed by atoms with van der Waals surface area (Å²) in [5.41, 5.74) is 1.42. The SMILES string of the molecule is O=C(Nc1ccc(Cl)cc1)NC1C2CC(Oc3ccnc4ccc(F)cc34)CC21. The van der Waals surface area contributed by atoms with Gasteiger partial charge in [-0.3, -0.25) is 4.98 Å². The molecule has 0 saturated heterocycles.